The van der Waals surface area contributed by atoms with Crippen LogP contribution in [0.15, 0.2) is 61.1 Å². The van der Waals surface area contributed by atoms with E-state index in [1.807, 2.05) is 48.7 Å². The van der Waals surface area contributed by atoms with Crippen molar-refractivity contribution in [2.24, 2.45) is 0 Å². The Labute approximate surface area is 150 Å². The van der Waals surface area contributed by atoms with Gasteiger partial charge in [0.15, 0.2) is 0 Å². The summed E-state index contributed by atoms with van der Waals surface area (Å²) in [6.07, 6.45) is 4.29. The van der Waals surface area contributed by atoms with Crippen LogP contribution in [0, 0.1) is 0 Å². The van der Waals surface area contributed by atoms with Gasteiger partial charge in [0, 0.05) is 29.0 Å². The molecule has 0 fully saturated rings. The topological polar surface area (TPSA) is 82.7 Å². The van der Waals surface area contributed by atoms with Crippen LogP contribution >= 0.6 is 0 Å². The number of hydrogen-bond donors (Lipinski definition) is 3. The molecule has 4 rings (SSSR count). The van der Waals surface area contributed by atoms with Crippen molar-refractivity contribution in [3.05, 3.63) is 66.6 Å². The SMILES string of the molecule is O=C(CNc1ncnc2ccccc12)NCCc1c[nH]c2ccccc12. The van der Waals surface area contributed by atoms with Crippen molar-refractivity contribution in [2.75, 3.05) is 18.4 Å². The summed E-state index contributed by atoms with van der Waals surface area (Å²) >= 11 is 0. The summed E-state index contributed by atoms with van der Waals surface area (Å²) in [4.78, 5) is 23.8. The smallest absolute Gasteiger partial charge is 0.239 e. The van der Waals surface area contributed by atoms with Crippen molar-refractivity contribution in [3.63, 3.8) is 0 Å². The van der Waals surface area contributed by atoms with Crippen LogP contribution in [0.3, 0.4) is 0 Å². The van der Waals surface area contributed by atoms with E-state index in [4.69, 9.17) is 0 Å². The van der Waals surface area contributed by atoms with Gasteiger partial charge in [-0.2, -0.15) is 0 Å². The zero-order valence-corrected chi connectivity index (χ0v) is 14.2. The van der Waals surface area contributed by atoms with Crippen LogP contribution < -0.4 is 10.6 Å². The van der Waals surface area contributed by atoms with Crippen LogP contribution in [0.4, 0.5) is 5.82 Å². The number of aromatic amines is 1. The van der Waals surface area contributed by atoms with Crippen molar-refractivity contribution in [3.8, 4) is 0 Å². The van der Waals surface area contributed by atoms with Crippen LogP contribution in [0.1, 0.15) is 5.56 Å². The number of nitrogens with one attached hydrogen (secondary N) is 3. The molecule has 0 radical (unpaired) electrons. The quantitative estimate of drug-likeness (QED) is 0.502. The summed E-state index contributed by atoms with van der Waals surface area (Å²) in [5, 5.41) is 8.14. The fourth-order valence-corrected chi connectivity index (χ4v) is 3.05. The molecule has 130 valence electrons. The summed E-state index contributed by atoms with van der Waals surface area (Å²) in [5.41, 5.74) is 3.17. The second-order valence-corrected chi connectivity index (χ2v) is 6.05. The number of aromatic nitrogens is 3. The van der Waals surface area contributed by atoms with Crippen molar-refractivity contribution < 1.29 is 4.79 Å². The van der Waals surface area contributed by atoms with E-state index < -0.39 is 0 Å². The second-order valence-electron chi connectivity index (χ2n) is 6.05. The monoisotopic (exact) mass is 345 g/mol. The summed E-state index contributed by atoms with van der Waals surface area (Å²) in [6, 6.07) is 15.9. The number of amides is 1. The Kier molecular flexibility index (Phi) is 4.47. The van der Waals surface area contributed by atoms with Crippen molar-refractivity contribution in [1.29, 1.82) is 0 Å². The van der Waals surface area contributed by atoms with Gasteiger partial charge >= 0.3 is 0 Å². The highest BCUT2D eigenvalue weighted by Crippen LogP contribution is 2.18. The molecule has 4 aromatic rings. The van der Waals surface area contributed by atoms with Gasteiger partial charge in [-0.25, -0.2) is 9.97 Å². The van der Waals surface area contributed by atoms with Gasteiger partial charge in [-0.3, -0.25) is 4.79 Å². The molecular weight excluding hydrogens is 326 g/mol. The first-order valence-corrected chi connectivity index (χ1v) is 8.56. The van der Waals surface area contributed by atoms with E-state index in [1.165, 1.54) is 17.3 Å². The number of H-pyrrole nitrogens is 1. The molecule has 3 N–H and O–H groups in total. The molecule has 0 saturated carbocycles. The number of carbonyl (C=O) groups excluding carboxylic acids is 1. The summed E-state index contributed by atoms with van der Waals surface area (Å²) in [6.45, 7) is 0.766. The molecule has 1 amide bonds. The zero-order chi connectivity index (χ0) is 17.8. The number of carbonyl (C=O) groups is 1. The molecular formula is C20H19N5O. The third kappa shape index (κ3) is 3.35. The van der Waals surface area contributed by atoms with Gasteiger partial charge in [0.05, 0.1) is 12.1 Å². The maximum Gasteiger partial charge on any atom is 0.239 e. The van der Waals surface area contributed by atoms with E-state index >= 15 is 0 Å². The van der Waals surface area contributed by atoms with Gasteiger partial charge in [-0.15, -0.1) is 0 Å². The van der Waals surface area contributed by atoms with Crippen molar-refractivity contribution in [1.82, 2.24) is 20.3 Å². The molecule has 6 nitrogen and oxygen atoms in total. The molecule has 26 heavy (non-hydrogen) atoms. The van der Waals surface area contributed by atoms with Crippen LogP contribution in [-0.4, -0.2) is 33.9 Å². The molecule has 0 aliphatic rings. The summed E-state index contributed by atoms with van der Waals surface area (Å²) < 4.78 is 0. The average molecular weight is 345 g/mol. The minimum absolute atomic E-state index is 0.0625. The van der Waals surface area contributed by atoms with Gasteiger partial charge in [0.25, 0.3) is 0 Å². The van der Waals surface area contributed by atoms with Crippen LogP contribution in [-0.2, 0) is 11.2 Å². The number of para-hydroxylation sites is 2. The number of nitrogens with zero attached hydrogens (tertiary/aromatic N) is 2. The number of anilines is 1. The maximum absolute atomic E-state index is 12.1. The van der Waals surface area contributed by atoms with Gasteiger partial charge in [-0.1, -0.05) is 30.3 Å². The molecule has 2 aromatic heterocycles. The Balaban J connectivity index is 1.31. The predicted molar refractivity (Wildman–Crippen MR) is 103 cm³/mol. The highest BCUT2D eigenvalue weighted by Gasteiger charge is 2.07. The number of rotatable bonds is 6. The molecule has 6 heteroatoms. The molecule has 2 heterocycles. The van der Waals surface area contributed by atoms with Crippen LogP contribution in [0.2, 0.25) is 0 Å². The average Bonchev–Trinajstić information content (AvgIpc) is 3.09. The van der Waals surface area contributed by atoms with E-state index in [0.29, 0.717) is 12.4 Å². The normalized spacial score (nSPS) is 10.9. The summed E-state index contributed by atoms with van der Waals surface area (Å²) in [7, 11) is 0. The van der Waals surface area contributed by atoms with E-state index in [9.17, 15) is 4.79 Å². The number of fused-ring (bicyclic) bond motifs is 2. The molecule has 0 spiro atoms. The van der Waals surface area contributed by atoms with Crippen molar-refractivity contribution in [2.45, 2.75) is 6.42 Å². The lowest BCUT2D eigenvalue weighted by Gasteiger charge is -2.09. The molecule has 0 atom stereocenters. The minimum Gasteiger partial charge on any atom is -0.361 e. The first-order chi connectivity index (χ1) is 12.8. The highest BCUT2D eigenvalue weighted by atomic mass is 16.1. The fraction of sp³-hybridized carbons (Fsp3) is 0.150. The van der Waals surface area contributed by atoms with Gasteiger partial charge in [0.2, 0.25) is 5.91 Å². The van der Waals surface area contributed by atoms with Crippen LogP contribution in [0.5, 0.6) is 0 Å². The molecule has 2 aromatic carbocycles. The van der Waals surface area contributed by atoms with E-state index in [0.717, 1.165) is 22.8 Å². The molecule has 0 bridgehead atoms. The molecule has 0 unspecified atom stereocenters. The lowest BCUT2D eigenvalue weighted by atomic mass is 10.1. The maximum atomic E-state index is 12.1. The predicted octanol–water partition coefficient (Wildman–Crippen LogP) is 2.88. The highest BCUT2D eigenvalue weighted by molar-refractivity contribution is 5.90. The Morgan fingerprint density at radius 1 is 1.00 bits per heavy atom. The molecule has 0 aliphatic heterocycles. The number of hydrogen-bond acceptors (Lipinski definition) is 4. The second kappa shape index (κ2) is 7.23. The molecule has 0 aliphatic carbocycles. The summed E-state index contributed by atoms with van der Waals surface area (Å²) in [5.74, 6) is 0.606. The lowest BCUT2D eigenvalue weighted by molar-refractivity contribution is -0.119. The zero-order valence-electron chi connectivity index (χ0n) is 14.2. The van der Waals surface area contributed by atoms with Crippen molar-refractivity contribution >= 4 is 33.5 Å². The van der Waals surface area contributed by atoms with E-state index in [1.54, 1.807) is 0 Å². The minimum atomic E-state index is -0.0625. The largest absolute Gasteiger partial charge is 0.361 e. The number of benzene rings is 2. The van der Waals surface area contributed by atoms with Crippen LogP contribution in [0.25, 0.3) is 21.8 Å². The Hall–Kier alpha value is -3.41. The Morgan fingerprint density at radius 3 is 2.73 bits per heavy atom. The van der Waals surface area contributed by atoms with Gasteiger partial charge in [0.1, 0.15) is 12.1 Å². The standard InChI is InChI=1S/C20H19N5O/c26-19(12-23-20-16-6-2-4-8-18(16)24-13-25-20)21-10-9-14-11-22-17-7-3-1-5-15(14)17/h1-8,11,13,22H,9-10,12H2,(H,21,26)(H,23,24,25). The third-order valence-electron chi connectivity index (χ3n) is 4.35. The van der Waals surface area contributed by atoms with E-state index in [2.05, 4.69) is 31.7 Å². The van der Waals surface area contributed by atoms with Gasteiger partial charge in [-0.05, 0) is 30.2 Å². The molecule has 0 saturated heterocycles. The Morgan fingerprint density at radius 2 is 1.81 bits per heavy atom. The third-order valence-corrected chi connectivity index (χ3v) is 4.35. The lowest BCUT2D eigenvalue weighted by Crippen LogP contribution is -2.31. The Bertz CT molecular complexity index is 1050. The first kappa shape index (κ1) is 16.1. The van der Waals surface area contributed by atoms with E-state index in [-0.39, 0.29) is 12.5 Å². The fourth-order valence-electron chi connectivity index (χ4n) is 3.05. The first-order valence-electron chi connectivity index (χ1n) is 8.56. The van der Waals surface area contributed by atoms with Gasteiger partial charge < -0.3 is 15.6 Å².